The maximum atomic E-state index is 11.4. The molecule has 1 rings (SSSR count). The van der Waals surface area contributed by atoms with E-state index in [9.17, 15) is 4.79 Å². The summed E-state index contributed by atoms with van der Waals surface area (Å²) in [4.78, 5) is 15.4. The van der Waals surface area contributed by atoms with Gasteiger partial charge in [-0.1, -0.05) is 0 Å². The van der Waals surface area contributed by atoms with Gasteiger partial charge >= 0.3 is 5.97 Å². The Hall–Kier alpha value is -1.50. The second kappa shape index (κ2) is 7.05. The molecule has 0 atom stereocenters. The van der Waals surface area contributed by atoms with Crippen LogP contribution in [0, 0.1) is 0 Å². The third-order valence-corrected chi connectivity index (χ3v) is 2.40. The van der Waals surface area contributed by atoms with E-state index >= 15 is 0 Å². The smallest absolute Gasteiger partial charge is 0.356 e. The van der Waals surface area contributed by atoms with Gasteiger partial charge in [0.05, 0.1) is 13.7 Å². The van der Waals surface area contributed by atoms with E-state index in [4.69, 9.17) is 14.2 Å². The van der Waals surface area contributed by atoms with Crippen LogP contribution in [0.1, 0.15) is 27.9 Å². The fourth-order valence-corrected chi connectivity index (χ4v) is 1.57. The predicted octanol–water partition coefficient (Wildman–Crippen LogP) is 1.31. The van der Waals surface area contributed by atoms with E-state index in [0.29, 0.717) is 6.61 Å². The Morgan fingerprint density at radius 1 is 1.28 bits per heavy atom. The van der Waals surface area contributed by atoms with Gasteiger partial charge in [0, 0.05) is 33.1 Å². The second-order valence-electron chi connectivity index (χ2n) is 3.50. The van der Waals surface area contributed by atoms with Gasteiger partial charge in [-0.15, -0.1) is 0 Å². The first-order valence-corrected chi connectivity index (χ1v) is 5.29. The Labute approximate surface area is 106 Å². The summed E-state index contributed by atoms with van der Waals surface area (Å²) in [6, 6.07) is 1.61. The van der Waals surface area contributed by atoms with Gasteiger partial charge < -0.3 is 18.9 Å². The molecule has 0 aliphatic carbocycles. The van der Waals surface area contributed by atoms with Crippen LogP contribution >= 0.6 is 0 Å². The predicted molar refractivity (Wildman–Crippen MR) is 63.0 cm³/mol. The summed E-state index contributed by atoms with van der Waals surface area (Å²) < 4.78 is 20.0. The number of carbonyl (C=O) groups excluding carboxylic acids is 1. The van der Waals surface area contributed by atoms with Gasteiger partial charge in [0.25, 0.3) is 0 Å². The molecule has 0 saturated heterocycles. The third kappa shape index (κ3) is 3.25. The summed E-state index contributed by atoms with van der Waals surface area (Å²) in [5.74, 6) is -0.495. The monoisotopic (exact) mass is 255 g/mol. The number of aromatic nitrogens is 1. The molecular formula is C12H17NO5. The van der Waals surface area contributed by atoms with Crippen LogP contribution < -0.4 is 0 Å². The van der Waals surface area contributed by atoms with Crippen molar-refractivity contribution in [1.82, 2.24) is 4.98 Å². The van der Waals surface area contributed by atoms with E-state index in [1.165, 1.54) is 27.5 Å². The van der Waals surface area contributed by atoms with Crippen molar-refractivity contribution < 1.29 is 23.7 Å². The van der Waals surface area contributed by atoms with Crippen molar-refractivity contribution in [2.45, 2.75) is 12.9 Å². The van der Waals surface area contributed by atoms with Gasteiger partial charge in [0.15, 0.2) is 6.29 Å². The number of carbonyl (C=O) groups is 1. The SMILES string of the molecule is COCc1cc(C(=O)OC)ncc1C(OC)OC. The van der Waals surface area contributed by atoms with Crippen LogP contribution in [-0.2, 0) is 25.6 Å². The average molecular weight is 255 g/mol. The normalized spacial score (nSPS) is 10.7. The van der Waals surface area contributed by atoms with E-state index in [-0.39, 0.29) is 5.69 Å². The van der Waals surface area contributed by atoms with Crippen molar-refractivity contribution in [3.8, 4) is 0 Å². The zero-order valence-electron chi connectivity index (χ0n) is 10.9. The maximum Gasteiger partial charge on any atom is 0.356 e. The number of methoxy groups -OCH3 is 4. The highest BCUT2D eigenvalue weighted by Gasteiger charge is 2.17. The lowest BCUT2D eigenvalue weighted by Gasteiger charge is -2.17. The Balaban J connectivity index is 3.14. The molecule has 6 nitrogen and oxygen atoms in total. The lowest BCUT2D eigenvalue weighted by Crippen LogP contribution is -2.12. The molecule has 0 N–H and O–H groups in total. The molecule has 1 heterocycles. The number of esters is 1. The summed E-state index contributed by atoms with van der Waals surface area (Å²) in [5.41, 5.74) is 1.70. The molecular weight excluding hydrogens is 238 g/mol. The minimum absolute atomic E-state index is 0.222. The van der Waals surface area contributed by atoms with Crippen molar-refractivity contribution in [3.05, 3.63) is 29.1 Å². The summed E-state index contributed by atoms with van der Waals surface area (Å²) in [6.45, 7) is 0.324. The molecule has 0 aliphatic heterocycles. The highest BCUT2D eigenvalue weighted by atomic mass is 16.7. The first-order valence-electron chi connectivity index (χ1n) is 5.29. The zero-order chi connectivity index (χ0) is 13.5. The molecule has 1 aromatic rings. The van der Waals surface area contributed by atoms with Crippen molar-refractivity contribution in [1.29, 1.82) is 0 Å². The number of ether oxygens (including phenoxy) is 4. The molecule has 0 spiro atoms. The first-order chi connectivity index (χ1) is 8.67. The number of hydrogen-bond acceptors (Lipinski definition) is 6. The lowest BCUT2D eigenvalue weighted by atomic mass is 10.1. The maximum absolute atomic E-state index is 11.4. The van der Waals surface area contributed by atoms with E-state index in [2.05, 4.69) is 9.72 Å². The largest absolute Gasteiger partial charge is 0.464 e. The number of hydrogen-bond donors (Lipinski definition) is 0. The molecule has 0 aromatic carbocycles. The van der Waals surface area contributed by atoms with Crippen LogP contribution in [0.2, 0.25) is 0 Å². The van der Waals surface area contributed by atoms with E-state index in [0.717, 1.165) is 11.1 Å². The lowest BCUT2D eigenvalue weighted by molar-refractivity contribution is -0.107. The summed E-state index contributed by atoms with van der Waals surface area (Å²) in [7, 11) is 5.93. The third-order valence-electron chi connectivity index (χ3n) is 2.40. The van der Waals surface area contributed by atoms with Crippen LogP contribution in [0.5, 0.6) is 0 Å². The van der Waals surface area contributed by atoms with Gasteiger partial charge in [-0.05, 0) is 11.6 Å². The molecule has 100 valence electrons. The quantitative estimate of drug-likeness (QED) is 0.564. The summed E-state index contributed by atoms with van der Waals surface area (Å²) in [6.07, 6.45) is 0.979. The molecule has 0 unspecified atom stereocenters. The molecule has 0 amide bonds. The van der Waals surface area contributed by atoms with E-state index in [1.54, 1.807) is 13.2 Å². The summed E-state index contributed by atoms with van der Waals surface area (Å²) in [5, 5.41) is 0. The molecule has 1 aromatic heterocycles. The molecule has 0 fully saturated rings. The Kier molecular flexibility index (Phi) is 5.70. The van der Waals surface area contributed by atoms with Gasteiger partial charge in [-0.3, -0.25) is 0 Å². The molecule has 0 aliphatic rings. The van der Waals surface area contributed by atoms with Crippen molar-refractivity contribution in [2.24, 2.45) is 0 Å². The van der Waals surface area contributed by atoms with Crippen molar-refractivity contribution >= 4 is 5.97 Å². The van der Waals surface area contributed by atoms with Crippen molar-refractivity contribution in [3.63, 3.8) is 0 Å². The average Bonchev–Trinajstić information content (AvgIpc) is 2.41. The first kappa shape index (κ1) is 14.6. The Bertz CT molecular complexity index is 403. The molecule has 0 bridgehead atoms. The van der Waals surface area contributed by atoms with Crippen molar-refractivity contribution in [2.75, 3.05) is 28.4 Å². The Morgan fingerprint density at radius 2 is 1.94 bits per heavy atom. The summed E-state index contributed by atoms with van der Waals surface area (Å²) >= 11 is 0. The van der Waals surface area contributed by atoms with E-state index in [1.807, 2.05) is 0 Å². The standard InChI is InChI=1S/C12H17NO5/c1-15-7-8-5-10(11(14)16-2)13-6-9(8)12(17-3)18-4/h5-6,12H,7H2,1-4H3. The topological polar surface area (TPSA) is 66.9 Å². The molecule has 0 radical (unpaired) electrons. The zero-order valence-corrected chi connectivity index (χ0v) is 10.9. The van der Waals surface area contributed by atoms with Crippen LogP contribution in [0.3, 0.4) is 0 Å². The van der Waals surface area contributed by atoms with Gasteiger partial charge in [0.2, 0.25) is 0 Å². The highest BCUT2D eigenvalue weighted by molar-refractivity contribution is 5.87. The van der Waals surface area contributed by atoms with E-state index < -0.39 is 12.3 Å². The molecule has 6 heteroatoms. The fourth-order valence-electron chi connectivity index (χ4n) is 1.57. The Morgan fingerprint density at radius 3 is 2.44 bits per heavy atom. The van der Waals surface area contributed by atoms with Crippen LogP contribution in [0.4, 0.5) is 0 Å². The van der Waals surface area contributed by atoms with Crippen LogP contribution in [0.15, 0.2) is 12.3 Å². The highest BCUT2D eigenvalue weighted by Crippen LogP contribution is 2.22. The molecule has 18 heavy (non-hydrogen) atoms. The number of rotatable bonds is 6. The fraction of sp³-hybridized carbons (Fsp3) is 0.500. The molecule has 0 saturated carbocycles. The number of pyridine rings is 1. The van der Waals surface area contributed by atoms with Crippen LogP contribution in [0.25, 0.3) is 0 Å². The van der Waals surface area contributed by atoms with Crippen LogP contribution in [-0.4, -0.2) is 39.4 Å². The van der Waals surface area contributed by atoms with Gasteiger partial charge in [-0.25, -0.2) is 9.78 Å². The van der Waals surface area contributed by atoms with Gasteiger partial charge in [0.1, 0.15) is 5.69 Å². The second-order valence-corrected chi connectivity index (χ2v) is 3.50. The van der Waals surface area contributed by atoms with Gasteiger partial charge in [-0.2, -0.15) is 0 Å². The minimum atomic E-state index is -0.547. The number of nitrogens with zero attached hydrogens (tertiary/aromatic N) is 1. The minimum Gasteiger partial charge on any atom is -0.464 e.